The second-order valence-electron chi connectivity index (χ2n) is 14.0. The third kappa shape index (κ3) is 5.29. The van der Waals surface area contributed by atoms with Crippen molar-refractivity contribution in [2.45, 2.75) is 0 Å². The van der Waals surface area contributed by atoms with Crippen molar-refractivity contribution < 1.29 is 4.42 Å². The molecule has 262 valence electrons. The smallest absolute Gasteiger partial charge is 0.166 e. The van der Waals surface area contributed by atoms with E-state index in [1.807, 2.05) is 78.9 Å². The summed E-state index contributed by atoms with van der Waals surface area (Å²) < 4.78 is 8.72. The standard InChI is InChI=1S/C51H32N4O/c1-4-15-33(16-5-1)36-27-29-40-39-21-10-12-24-43(39)55(45(40)32-36)44-30-28-37(38-23-14-26-47-48(38)41-22-11-13-25-46(41)56-47)31-42(44)51-53-49(34-17-6-2-7-18-34)52-50(54-51)35-19-8-3-9-20-35/h1-32H. The highest BCUT2D eigenvalue weighted by molar-refractivity contribution is 6.13. The lowest BCUT2D eigenvalue weighted by Gasteiger charge is -2.17. The van der Waals surface area contributed by atoms with Crippen molar-refractivity contribution in [3.05, 3.63) is 194 Å². The minimum absolute atomic E-state index is 0.587. The third-order valence-electron chi connectivity index (χ3n) is 10.7. The van der Waals surface area contributed by atoms with Crippen LogP contribution in [0.25, 0.3) is 106 Å². The molecule has 0 radical (unpaired) electrons. The van der Waals surface area contributed by atoms with Gasteiger partial charge in [-0.2, -0.15) is 0 Å². The summed E-state index contributed by atoms with van der Waals surface area (Å²) in [5, 5.41) is 4.52. The monoisotopic (exact) mass is 716 g/mol. The van der Waals surface area contributed by atoms with Gasteiger partial charge in [0.2, 0.25) is 0 Å². The summed E-state index contributed by atoms with van der Waals surface area (Å²) in [7, 11) is 0. The van der Waals surface area contributed by atoms with Crippen LogP contribution in [0.15, 0.2) is 199 Å². The first-order chi connectivity index (χ1) is 27.8. The maximum atomic E-state index is 6.35. The molecule has 0 aliphatic rings. The topological polar surface area (TPSA) is 56.7 Å². The van der Waals surface area contributed by atoms with Gasteiger partial charge in [-0.3, -0.25) is 0 Å². The van der Waals surface area contributed by atoms with E-state index in [4.69, 9.17) is 19.4 Å². The molecule has 11 aromatic rings. The van der Waals surface area contributed by atoms with E-state index in [9.17, 15) is 0 Å². The van der Waals surface area contributed by atoms with Crippen LogP contribution in [0.4, 0.5) is 0 Å². The van der Waals surface area contributed by atoms with Gasteiger partial charge in [0.15, 0.2) is 17.5 Å². The molecule has 56 heavy (non-hydrogen) atoms. The van der Waals surface area contributed by atoms with E-state index in [0.29, 0.717) is 17.5 Å². The van der Waals surface area contributed by atoms with E-state index in [1.165, 1.54) is 16.3 Å². The Bertz CT molecular complexity index is 3180. The number of nitrogens with zero attached hydrogens (tertiary/aromatic N) is 4. The van der Waals surface area contributed by atoms with E-state index in [0.717, 1.165) is 72.0 Å². The van der Waals surface area contributed by atoms with Crippen LogP contribution < -0.4 is 0 Å². The van der Waals surface area contributed by atoms with Gasteiger partial charge in [0.25, 0.3) is 0 Å². The van der Waals surface area contributed by atoms with Crippen molar-refractivity contribution in [2.24, 2.45) is 0 Å². The Morgan fingerprint density at radius 1 is 0.339 bits per heavy atom. The van der Waals surface area contributed by atoms with Crippen LogP contribution in [-0.2, 0) is 0 Å². The van der Waals surface area contributed by atoms with Crippen molar-refractivity contribution in [3.63, 3.8) is 0 Å². The Labute approximate surface area is 322 Å². The molecule has 0 saturated heterocycles. The van der Waals surface area contributed by atoms with Crippen molar-refractivity contribution in [1.82, 2.24) is 19.5 Å². The van der Waals surface area contributed by atoms with Crippen molar-refractivity contribution in [1.29, 1.82) is 0 Å². The first-order valence-electron chi connectivity index (χ1n) is 18.8. The van der Waals surface area contributed by atoms with E-state index < -0.39 is 0 Å². The molecule has 0 atom stereocenters. The summed E-state index contributed by atoms with van der Waals surface area (Å²) in [5.41, 5.74) is 12.0. The molecule has 0 fully saturated rings. The lowest BCUT2D eigenvalue weighted by atomic mass is 9.96. The molecule has 0 N–H and O–H groups in total. The maximum absolute atomic E-state index is 6.35. The van der Waals surface area contributed by atoms with E-state index in [-0.39, 0.29) is 0 Å². The van der Waals surface area contributed by atoms with Gasteiger partial charge >= 0.3 is 0 Å². The Morgan fingerprint density at radius 2 is 0.911 bits per heavy atom. The first-order valence-corrected chi connectivity index (χ1v) is 18.8. The number of benzene rings is 8. The number of hydrogen-bond acceptors (Lipinski definition) is 4. The van der Waals surface area contributed by atoms with Crippen LogP contribution in [-0.4, -0.2) is 19.5 Å². The van der Waals surface area contributed by atoms with Crippen LogP contribution in [0.3, 0.4) is 0 Å². The van der Waals surface area contributed by atoms with E-state index in [1.54, 1.807) is 0 Å². The molecule has 11 rings (SSSR count). The van der Waals surface area contributed by atoms with Crippen molar-refractivity contribution in [2.75, 3.05) is 0 Å². The third-order valence-corrected chi connectivity index (χ3v) is 10.7. The number of furan rings is 1. The number of rotatable bonds is 6. The fraction of sp³-hybridized carbons (Fsp3) is 0. The number of fused-ring (bicyclic) bond motifs is 6. The average molecular weight is 717 g/mol. The largest absolute Gasteiger partial charge is 0.456 e. The highest BCUT2D eigenvalue weighted by atomic mass is 16.3. The second-order valence-corrected chi connectivity index (χ2v) is 14.0. The molecule has 0 bridgehead atoms. The quantitative estimate of drug-likeness (QED) is 0.172. The number of aromatic nitrogens is 4. The van der Waals surface area contributed by atoms with Crippen LogP contribution in [0, 0.1) is 0 Å². The molecule has 0 spiro atoms. The van der Waals surface area contributed by atoms with Gasteiger partial charge in [0.1, 0.15) is 11.2 Å². The lowest BCUT2D eigenvalue weighted by Crippen LogP contribution is -2.04. The zero-order valence-electron chi connectivity index (χ0n) is 30.2. The average Bonchev–Trinajstić information content (AvgIpc) is 3.82. The zero-order valence-corrected chi connectivity index (χ0v) is 30.2. The van der Waals surface area contributed by atoms with Gasteiger partial charge in [0.05, 0.1) is 16.7 Å². The predicted molar refractivity (Wildman–Crippen MR) is 229 cm³/mol. The number of para-hydroxylation sites is 2. The predicted octanol–water partition coefficient (Wildman–Crippen LogP) is 13.2. The van der Waals surface area contributed by atoms with Crippen LogP contribution in [0.2, 0.25) is 0 Å². The molecule has 0 aliphatic heterocycles. The lowest BCUT2D eigenvalue weighted by molar-refractivity contribution is 0.669. The van der Waals surface area contributed by atoms with Gasteiger partial charge in [-0.15, -0.1) is 0 Å². The minimum atomic E-state index is 0.587. The van der Waals surface area contributed by atoms with Gasteiger partial charge in [-0.25, -0.2) is 15.0 Å². The Hall–Kier alpha value is -7.63. The Kier molecular flexibility index (Phi) is 7.42. The highest BCUT2D eigenvalue weighted by Gasteiger charge is 2.22. The molecule has 0 aliphatic carbocycles. The molecule has 0 amide bonds. The SMILES string of the molecule is c1ccc(-c2ccc3c4ccccc4n(-c4ccc(-c5cccc6oc7ccccc7c56)cc4-c4nc(-c5ccccc5)nc(-c5ccccc5)n4)c3c2)cc1. The fourth-order valence-corrected chi connectivity index (χ4v) is 8.06. The normalized spacial score (nSPS) is 11.6. The summed E-state index contributed by atoms with van der Waals surface area (Å²) in [6, 6.07) is 67.5. The van der Waals surface area contributed by atoms with Crippen LogP contribution >= 0.6 is 0 Å². The van der Waals surface area contributed by atoms with Gasteiger partial charge in [-0.05, 0) is 58.7 Å². The van der Waals surface area contributed by atoms with Crippen molar-refractivity contribution >= 4 is 43.7 Å². The summed E-state index contributed by atoms with van der Waals surface area (Å²) in [5.74, 6) is 1.81. The van der Waals surface area contributed by atoms with Crippen LogP contribution in [0.1, 0.15) is 0 Å². The summed E-state index contributed by atoms with van der Waals surface area (Å²) in [6.07, 6.45) is 0. The minimum Gasteiger partial charge on any atom is -0.456 e. The van der Waals surface area contributed by atoms with Gasteiger partial charge in [0, 0.05) is 38.2 Å². The molecular formula is C51H32N4O. The molecule has 5 heteroatoms. The summed E-state index contributed by atoms with van der Waals surface area (Å²) in [4.78, 5) is 15.6. The van der Waals surface area contributed by atoms with E-state index >= 15 is 0 Å². The summed E-state index contributed by atoms with van der Waals surface area (Å²) in [6.45, 7) is 0. The Morgan fingerprint density at radius 3 is 1.64 bits per heavy atom. The fourth-order valence-electron chi connectivity index (χ4n) is 8.06. The second kappa shape index (κ2) is 13.0. The van der Waals surface area contributed by atoms with Gasteiger partial charge in [-0.1, -0.05) is 158 Å². The van der Waals surface area contributed by atoms with E-state index in [2.05, 4.69) is 120 Å². The Balaban J connectivity index is 1.24. The summed E-state index contributed by atoms with van der Waals surface area (Å²) >= 11 is 0. The first kappa shape index (κ1) is 31.9. The maximum Gasteiger partial charge on any atom is 0.166 e. The van der Waals surface area contributed by atoms with Gasteiger partial charge < -0.3 is 8.98 Å². The molecule has 3 aromatic heterocycles. The molecule has 0 unspecified atom stereocenters. The number of hydrogen-bond donors (Lipinski definition) is 0. The zero-order chi connectivity index (χ0) is 37.0. The molecule has 3 heterocycles. The van der Waals surface area contributed by atoms with Crippen molar-refractivity contribution in [3.8, 4) is 62.1 Å². The molecule has 8 aromatic carbocycles. The molecule has 0 saturated carbocycles. The molecule has 5 nitrogen and oxygen atoms in total. The molecular weight excluding hydrogens is 685 g/mol. The highest BCUT2D eigenvalue weighted by Crippen LogP contribution is 2.42. The van der Waals surface area contributed by atoms with Crippen LogP contribution in [0.5, 0.6) is 0 Å².